The summed E-state index contributed by atoms with van der Waals surface area (Å²) in [6, 6.07) is 0. The van der Waals surface area contributed by atoms with E-state index in [0.717, 1.165) is 12.5 Å². The van der Waals surface area contributed by atoms with Crippen molar-refractivity contribution in [1.29, 1.82) is 0 Å². The van der Waals surface area contributed by atoms with Gasteiger partial charge in [-0.2, -0.15) is 0 Å². The highest BCUT2D eigenvalue weighted by molar-refractivity contribution is 5.81. The SMILES string of the molecule is C=CC(=O)O[CH]CC. The third-order valence-corrected chi connectivity index (χ3v) is 0.533. The van der Waals surface area contributed by atoms with E-state index >= 15 is 0 Å². The number of hydrogen-bond acceptors (Lipinski definition) is 2. The molecule has 0 amide bonds. The van der Waals surface area contributed by atoms with Gasteiger partial charge in [-0.15, -0.1) is 0 Å². The third kappa shape index (κ3) is 3.40. The number of ether oxygens (including phenoxy) is 1. The van der Waals surface area contributed by atoms with Crippen LogP contribution in [0.4, 0.5) is 0 Å². The highest BCUT2D eigenvalue weighted by Gasteiger charge is 1.90. The molecule has 2 heteroatoms. The van der Waals surface area contributed by atoms with Gasteiger partial charge in [-0.05, 0) is 6.42 Å². The van der Waals surface area contributed by atoms with Gasteiger partial charge in [-0.1, -0.05) is 13.5 Å². The Morgan fingerprint density at radius 1 is 1.88 bits per heavy atom. The summed E-state index contributed by atoms with van der Waals surface area (Å²) in [6.07, 6.45) is 1.87. The number of carbonyl (C=O) groups excluding carboxylic acids is 1. The van der Waals surface area contributed by atoms with Gasteiger partial charge in [0.05, 0.1) is 0 Å². The molecule has 2 nitrogen and oxygen atoms in total. The van der Waals surface area contributed by atoms with Crippen molar-refractivity contribution in [3.8, 4) is 0 Å². The fourth-order valence-electron chi connectivity index (χ4n) is 0.214. The minimum Gasteiger partial charge on any atom is -0.455 e. The average molecular weight is 113 g/mol. The molecule has 45 valence electrons. The summed E-state index contributed by atoms with van der Waals surface area (Å²) in [5.41, 5.74) is 0. The van der Waals surface area contributed by atoms with Crippen molar-refractivity contribution in [1.82, 2.24) is 0 Å². The lowest BCUT2D eigenvalue weighted by Gasteiger charge is -1.93. The van der Waals surface area contributed by atoms with E-state index < -0.39 is 5.97 Å². The van der Waals surface area contributed by atoms with Gasteiger partial charge in [0.2, 0.25) is 0 Å². The summed E-state index contributed by atoms with van der Waals surface area (Å²) in [5.74, 6) is -0.396. The Bertz CT molecular complexity index is 86.5. The van der Waals surface area contributed by atoms with Crippen molar-refractivity contribution in [3.05, 3.63) is 19.3 Å². The average Bonchev–Trinajstić information content (AvgIpc) is 1.83. The Hall–Kier alpha value is -0.790. The van der Waals surface area contributed by atoms with Crippen LogP contribution in [0, 0.1) is 6.61 Å². The molecule has 0 heterocycles. The summed E-state index contributed by atoms with van der Waals surface area (Å²) in [7, 11) is 0. The molecule has 1 radical (unpaired) electrons. The zero-order valence-electron chi connectivity index (χ0n) is 4.89. The normalized spacial score (nSPS) is 8.12. The number of carbonyl (C=O) groups is 1. The predicted molar refractivity (Wildman–Crippen MR) is 30.9 cm³/mol. The van der Waals surface area contributed by atoms with E-state index in [4.69, 9.17) is 0 Å². The Morgan fingerprint density at radius 3 is 2.88 bits per heavy atom. The van der Waals surface area contributed by atoms with Gasteiger partial charge in [-0.3, -0.25) is 0 Å². The van der Waals surface area contributed by atoms with E-state index in [1.165, 1.54) is 6.61 Å². The number of hydrogen-bond donors (Lipinski definition) is 0. The van der Waals surface area contributed by atoms with E-state index in [0.29, 0.717) is 0 Å². The minimum absolute atomic E-state index is 0.396. The van der Waals surface area contributed by atoms with Gasteiger partial charge in [-0.25, -0.2) is 4.79 Å². The first-order valence-corrected chi connectivity index (χ1v) is 2.46. The first kappa shape index (κ1) is 7.21. The van der Waals surface area contributed by atoms with Crippen LogP contribution in [-0.2, 0) is 9.53 Å². The highest BCUT2D eigenvalue weighted by atomic mass is 16.5. The van der Waals surface area contributed by atoms with E-state index in [1.54, 1.807) is 0 Å². The minimum atomic E-state index is -0.396. The lowest BCUT2D eigenvalue weighted by atomic mass is 10.5. The van der Waals surface area contributed by atoms with E-state index in [9.17, 15) is 4.79 Å². The van der Waals surface area contributed by atoms with Gasteiger partial charge < -0.3 is 4.74 Å². The van der Waals surface area contributed by atoms with Crippen LogP contribution in [0.1, 0.15) is 13.3 Å². The fourth-order valence-corrected chi connectivity index (χ4v) is 0.214. The maximum atomic E-state index is 10.2. The molecule has 0 rings (SSSR count). The molecular formula is C6H9O2. The molecule has 0 bridgehead atoms. The molecule has 0 saturated carbocycles. The van der Waals surface area contributed by atoms with Gasteiger partial charge >= 0.3 is 5.97 Å². The molecule has 0 unspecified atom stereocenters. The molecule has 0 aliphatic carbocycles. The first-order chi connectivity index (χ1) is 3.81. The summed E-state index contributed by atoms with van der Waals surface area (Å²) in [6.45, 7) is 6.54. The summed E-state index contributed by atoms with van der Waals surface area (Å²) in [5, 5.41) is 0. The van der Waals surface area contributed by atoms with Crippen LogP contribution in [0.25, 0.3) is 0 Å². The van der Waals surface area contributed by atoms with Crippen molar-refractivity contribution >= 4 is 5.97 Å². The van der Waals surface area contributed by atoms with Gasteiger partial charge in [0.1, 0.15) is 6.61 Å². The second-order valence-electron chi connectivity index (χ2n) is 1.22. The molecule has 0 saturated heterocycles. The molecule has 0 fully saturated rings. The summed E-state index contributed by atoms with van der Waals surface area (Å²) < 4.78 is 4.46. The van der Waals surface area contributed by atoms with E-state index in [1.807, 2.05) is 6.92 Å². The van der Waals surface area contributed by atoms with Crippen LogP contribution in [0.15, 0.2) is 12.7 Å². The topological polar surface area (TPSA) is 26.3 Å². The van der Waals surface area contributed by atoms with Crippen LogP contribution in [0.2, 0.25) is 0 Å². The van der Waals surface area contributed by atoms with Crippen molar-refractivity contribution in [2.24, 2.45) is 0 Å². The van der Waals surface area contributed by atoms with Gasteiger partial charge in [0.15, 0.2) is 0 Å². The van der Waals surface area contributed by atoms with Gasteiger partial charge in [0.25, 0.3) is 0 Å². The number of esters is 1. The third-order valence-electron chi connectivity index (χ3n) is 0.533. The summed E-state index contributed by atoms with van der Waals surface area (Å²) in [4.78, 5) is 10.2. The summed E-state index contributed by atoms with van der Waals surface area (Å²) >= 11 is 0. The Morgan fingerprint density at radius 2 is 2.50 bits per heavy atom. The Labute approximate surface area is 49.1 Å². The Balaban J connectivity index is 3.11. The maximum Gasteiger partial charge on any atom is 0.330 e. The molecule has 0 aromatic rings. The fraction of sp³-hybridized carbons (Fsp3) is 0.333. The largest absolute Gasteiger partial charge is 0.455 e. The van der Waals surface area contributed by atoms with E-state index in [2.05, 4.69) is 11.3 Å². The predicted octanol–water partition coefficient (Wildman–Crippen LogP) is 1.29. The molecule has 0 atom stereocenters. The Kier molecular flexibility index (Phi) is 3.94. The van der Waals surface area contributed by atoms with Crippen LogP contribution < -0.4 is 0 Å². The quantitative estimate of drug-likeness (QED) is 0.407. The standard InChI is InChI=1S/C6H9O2/c1-3-5-8-6(7)4-2/h4-5H,2-3H2,1H3. The van der Waals surface area contributed by atoms with Crippen molar-refractivity contribution in [2.45, 2.75) is 13.3 Å². The lowest BCUT2D eigenvalue weighted by molar-refractivity contribution is -0.134. The van der Waals surface area contributed by atoms with Crippen LogP contribution in [0.3, 0.4) is 0 Å². The van der Waals surface area contributed by atoms with Crippen LogP contribution in [-0.4, -0.2) is 5.97 Å². The lowest BCUT2D eigenvalue weighted by Crippen LogP contribution is -1.95. The maximum absolute atomic E-state index is 10.2. The second-order valence-corrected chi connectivity index (χ2v) is 1.22. The van der Waals surface area contributed by atoms with E-state index in [-0.39, 0.29) is 0 Å². The molecule has 0 spiro atoms. The van der Waals surface area contributed by atoms with Crippen LogP contribution >= 0.6 is 0 Å². The molecular weight excluding hydrogens is 104 g/mol. The second kappa shape index (κ2) is 4.37. The molecule has 8 heavy (non-hydrogen) atoms. The molecule has 0 N–H and O–H groups in total. The van der Waals surface area contributed by atoms with Gasteiger partial charge in [0, 0.05) is 6.08 Å². The van der Waals surface area contributed by atoms with Crippen molar-refractivity contribution < 1.29 is 9.53 Å². The molecule has 0 aliphatic rings. The highest BCUT2D eigenvalue weighted by Crippen LogP contribution is 1.87. The molecule has 0 aliphatic heterocycles. The van der Waals surface area contributed by atoms with Crippen molar-refractivity contribution in [3.63, 3.8) is 0 Å². The monoisotopic (exact) mass is 113 g/mol. The number of rotatable bonds is 3. The molecule has 0 aromatic heterocycles. The first-order valence-electron chi connectivity index (χ1n) is 2.46. The molecule has 0 aromatic carbocycles. The zero-order valence-corrected chi connectivity index (χ0v) is 4.89. The van der Waals surface area contributed by atoms with Crippen LogP contribution in [0.5, 0.6) is 0 Å². The zero-order chi connectivity index (χ0) is 6.41. The van der Waals surface area contributed by atoms with Crippen molar-refractivity contribution in [2.75, 3.05) is 0 Å². The smallest absolute Gasteiger partial charge is 0.330 e.